The zero-order chi connectivity index (χ0) is 38.9. The summed E-state index contributed by atoms with van der Waals surface area (Å²) in [7, 11) is 0. The Morgan fingerprint density at radius 1 is 0.415 bits per heavy atom. The highest BCUT2D eigenvalue weighted by Crippen LogP contribution is 2.19. The van der Waals surface area contributed by atoms with Crippen molar-refractivity contribution in [3.05, 3.63) is 0 Å². The van der Waals surface area contributed by atoms with Crippen LogP contribution in [-0.2, 0) is 23.9 Å². The maximum atomic E-state index is 12.8. The van der Waals surface area contributed by atoms with Crippen molar-refractivity contribution in [2.75, 3.05) is 26.2 Å². The van der Waals surface area contributed by atoms with Crippen LogP contribution in [0.3, 0.4) is 0 Å². The van der Waals surface area contributed by atoms with Crippen LogP contribution < -0.4 is 0 Å². The first kappa shape index (κ1) is 51.6. The van der Waals surface area contributed by atoms with Gasteiger partial charge < -0.3 is 19.2 Å². The number of esters is 2. The second kappa shape index (κ2) is 41.7. The van der Waals surface area contributed by atoms with Gasteiger partial charge in [0.15, 0.2) is 0 Å². The summed E-state index contributed by atoms with van der Waals surface area (Å²) in [5.74, 6) is 0.284. The molecule has 0 fully saturated rings. The van der Waals surface area contributed by atoms with Gasteiger partial charge >= 0.3 is 11.9 Å². The van der Waals surface area contributed by atoms with E-state index >= 15 is 0 Å². The zero-order valence-corrected chi connectivity index (χ0v) is 36.1. The molecule has 0 atom stereocenters. The Balaban J connectivity index is 4.24. The predicted molar refractivity (Wildman–Crippen MR) is 227 cm³/mol. The Bertz CT molecular complexity index is 786. The first-order valence-electron chi connectivity index (χ1n) is 23.5. The number of Topliss-reactive ketones (excluding diaryl/α,β-unsaturated/α-hetero) is 1. The Hall–Kier alpha value is -1.43. The molecule has 0 rings (SSSR count). The van der Waals surface area contributed by atoms with E-state index < -0.39 is 0 Å². The maximum Gasteiger partial charge on any atom is 0.306 e. The molecule has 0 saturated heterocycles. The number of ketones is 1. The van der Waals surface area contributed by atoms with Gasteiger partial charge in [0, 0.05) is 19.3 Å². The standard InChI is InChI=1S/C47H91NO5/c1-5-8-11-14-19-26-36-45(37-27-20-15-12-9-6-2)53-47(51)39-29-22-18-24-32-41-48(42-33-30-35-44(4)49)40-31-23-17-21-28-38-46(50)52-43-34-25-16-13-10-7-3/h45H,5-43H2,1-4H3. The molecule has 0 amide bonds. The van der Waals surface area contributed by atoms with E-state index in [0.29, 0.717) is 25.9 Å². The summed E-state index contributed by atoms with van der Waals surface area (Å²) in [5, 5.41) is 0. The third-order valence-electron chi connectivity index (χ3n) is 10.8. The van der Waals surface area contributed by atoms with Crippen LogP contribution in [0.25, 0.3) is 0 Å². The van der Waals surface area contributed by atoms with E-state index in [1.165, 1.54) is 141 Å². The summed E-state index contributed by atoms with van der Waals surface area (Å²) >= 11 is 0. The third kappa shape index (κ3) is 40.1. The summed E-state index contributed by atoms with van der Waals surface area (Å²) in [4.78, 5) is 38.8. The lowest BCUT2D eigenvalue weighted by Gasteiger charge is -2.22. The molecule has 0 aliphatic rings. The molecule has 0 unspecified atom stereocenters. The lowest BCUT2D eigenvalue weighted by molar-refractivity contribution is -0.150. The molecule has 0 aliphatic heterocycles. The molecule has 0 bridgehead atoms. The topological polar surface area (TPSA) is 72.9 Å². The average molecular weight is 750 g/mol. The van der Waals surface area contributed by atoms with E-state index in [-0.39, 0.29) is 23.8 Å². The highest BCUT2D eigenvalue weighted by Gasteiger charge is 2.14. The normalized spacial score (nSPS) is 11.5. The first-order valence-corrected chi connectivity index (χ1v) is 23.5. The van der Waals surface area contributed by atoms with Gasteiger partial charge in [0.2, 0.25) is 0 Å². The Labute approximate surface area is 330 Å². The van der Waals surface area contributed by atoms with Crippen molar-refractivity contribution in [2.24, 2.45) is 0 Å². The van der Waals surface area contributed by atoms with Gasteiger partial charge in [-0.1, -0.05) is 156 Å². The number of rotatable bonds is 43. The molecular formula is C47H91NO5. The Kier molecular flexibility index (Phi) is 40.6. The lowest BCUT2D eigenvalue weighted by atomic mass is 10.0. The number of unbranched alkanes of at least 4 members (excludes halogenated alkanes) is 24. The number of carbonyl (C=O) groups is 3. The molecule has 0 saturated carbocycles. The molecule has 314 valence electrons. The molecule has 0 heterocycles. The van der Waals surface area contributed by atoms with E-state index in [1.807, 2.05) is 0 Å². The number of hydrogen-bond acceptors (Lipinski definition) is 6. The minimum atomic E-state index is -0.0264. The second-order valence-corrected chi connectivity index (χ2v) is 16.2. The van der Waals surface area contributed by atoms with E-state index in [2.05, 4.69) is 25.7 Å². The molecule has 0 radical (unpaired) electrons. The molecule has 0 aromatic heterocycles. The minimum Gasteiger partial charge on any atom is -0.466 e. The van der Waals surface area contributed by atoms with Crippen LogP contribution in [0.4, 0.5) is 0 Å². The smallest absolute Gasteiger partial charge is 0.306 e. The molecule has 0 aromatic carbocycles. The second-order valence-electron chi connectivity index (χ2n) is 16.2. The van der Waals surface area contributed by atoms with Crippen molar-refractivity contribution in [3.63, 3.8) is 0 Å². The molecule has 0 N–H and O–H groups in total. The van der Waals surface area contributed by atoms with Crippen molar-refractivity contribution in [1.82, 2.24) is 4.90 Å². The van der Waals surface area contributed by atoms with E-state index in [0.717, 1.165) is 83.8 Å². The van der Waals surface area contributed by atoms with E-state index in [1.54, 1.807) is 6.92 Å². The molecular weight excluding hydrogens is 659 g/mol. The molecule has 53 heavy (non-hydrogen) atoms. The molecule has 6 heteroatoms. The predicted octanol–water partition coefficient (Wildman–Crippen LogP) is 14.0. The fourth-order valence-corrected chi connectivity index (χ4v) is 7.27. The Morgan fingerprint density at radius 2 is 0.774 bits per heavy atom. The monoisotopic (exact) mass is 750 g/mol. The van der Waals surface area contributed by atoms with Crippen molar-refractivity contribution in [3.8, 4) is 0 Å². The van der Waals surface area contributed by atoms with Gasteiger partial charge in [-0.2, -0.15) is 0 Å². The van der Waals surface area contributed by atoms with Crippen molar-refractivity contribution < 1.29 is 23.9 Å². The zero-order valence-electron chi connectivity index (χ0n) is 36.1. The highest BCUT2D eigenvalue weighted by atomic mass is 16.5. The molecule has 0 spiro atoms. The molecule has 0 aliphatic carbocycles. The quantitative estimate of drug-likeness (QED) is 0.0456. The van der Waals surface area contributed by atoms with Gasteiger partial charge in [-0.3, -0.25) is 9.59 Å². The highest BCUT2D eigenvalue weighted by molar-refractivity contribution is 5.75. The van der Waals surface area contributed by atoms with Crippen LogP contribution in [0.1, 0.15) is 252 Å². The number of hydrogen-bond donors (Lipinski definition) is 0. The van der Waals surface area contributed by atoms with Crippen molar-refractivity contribution in [1.29, 1.82) is 0 Å². The summed E-state index contributed by atoms with van der Waals surface area (Å²) in [6.45, 7) is 12.3. The van der Waals surface area contributed by atoms with Gasteiger partial charge in [-0.15, -0.1) is 0 Å². The minimum absolute atomic E-state index is 0.0205. The Morgan fingerprint density at radius 3 is 1.25 bits per heavy atom. The number of carbonyl (C=O) groups excluding carboxylic acids is 3. The van der Waals surface area contributed by atoms with Crippen molar-refractivity contribution in [2.45, 2.75) is 259 Å². The summed E-state index contributed by atoms with van der Waals surface area (Å²) in [6, 6.07) is 0. The largest absolute Gasteiger partial charge is 0.466 e. The van der Waals surface area contributed by atoms with Crippen LogP contribution in [0.5, 0.6) is 0 Å². The van der Waals surface area contributed by atoms with Gasteiger partial charge in [-0.05, 0) is 97.2 Å². The van der Waals surface area contributed by atoms with Gasteiger partial charge in [0.05, 0.1) is 6.61 Å². The lowest BCUT2D eigenvalue weighted by Crippen LogP contribution is -2.27. The van der Waals surface area contributed by atoms with E-state index in [9.17, 15) is 14.4 Å². The summed E-state index contributed by atoms with van der Waals surface area (Å²) in [6.07, 6.45) is 39.9. The van der Waals surface area contributed by atoms with Crippen molar-refractivity contribution >= 4 is 17.7 Å². The van der Waals surface area contributed by atoms with Gasteiger partial charge in [0.25, 0.3) is 0 Å². The van der Waals surface area contributed by atoms with Gasteiger partial charge in [-0.25, -0.2) is 0 Å². The average Bonchev–Trinajstić information content (AvgIpc) is 3.14. The van der Waals surface area contributed by atoms with Crippen LogP contribution in [0.15, 0.2) is 0 Å². The molecule has 6 nitrogen and oxygen atoms in total. The fraction of sp³-hybridized carbons (Fsp3) is 0.936. The SMILES string of the molecule is CCCCCCCCOC(=O)CCCCCCCN(CCCCCCCC(=O)OC(CCCCCCCC)CCCCCCCC)CCCCC(C)=O. The van der Waals surface area contributed by atoms with E-state index in [4.69, 9.17) is 9.47 Å². The van der Waals surface area contributed by atoms with Crippen LogP contribution in [0, 0.1) is 0 Å². The summed E-state index contributed by atoms with van der Waals surface area (Å²) < 4.78 is 11.5. The third-order valence-corrected chi connectivity index (χ3v) is 10.8. The van der Waals surface area contributed by atoms with Crippen LogP contribution >= 0.6 is 0 Å². The summed E-state index contributed by atoms with van der Waals surface area (Å²) in [5.41, 5.74) is 0. The number of ether oxygens (including phenoxy) is 2. The first-order chi connectivity index (χ1) is 25.9. The number of nitrogens with zero attached hydrogens (tertiary/aromatic N) is 1. The fourth-order valence-electron chi connectivity index (χ4n) is 7.27. The van der Waals surface area contributed by atoms with Crippen LogP contribution in [0.2, 0.25) is 0 Å². The van der Waals surface area contributed by atoms with Crippen LogP contribution in [-0.4, -0.2) is 55.0 Å². The molecule has 0 aromatic rings. The maximum absolute atomic E-state index is 12.8. The van der Waals surface area contributed by atoms with Gasteiger partial charge in [0.1, 0.15) is 11.9 Å².